The number of aliphatic hydroxyl groups is 1. The molecule has 1 aromatic carbocycles. The summed E-state index contributed by atoms with van der Waals surface area (Å²) in [6.07, 6.45) is 0. The van der Waals surface area contributed by atoms with Crippen LogP contribution in [0.5, 0.6) is 0 Å². The molecule has 1 fully saturated rings. The van der Waals surface area contributed by atoms with Crippen LogP contribution >= 0.6 is 0 Å². The van der Waals surface area contributed by atoms with Crippen LogP contribution in [0.1, 0.15) is 15.9 Å². The number of hydrogen-bond acceptors (Lipinski definition) is 2. The van der Waals surface area contributed by atoms with Crippen molar-refractivity contribution >= 4 is 5.91 Å². The number of aliphatic hydroxyl groups excluding tert-OH is 1. The zero-order valence-corrected chi connectivity index (χ0v) is 9.11. The lowest BCUT2D eigenvalue weighted by Gasteiger charge is -2.38. The standard InChI is InChI=1S/C12H14FNO2/c1-8-3-2-4-10(11(8)13)12(16)14-5-9(6-14)7-15/h2-4,9,15H,5-7H2,1H3. The summed E-state index contributed by atoms with van der Waals surface area (Å²) < 4.78 is 13.7. The quantitative estimate of drug-likeness (QED) is 0.818. The van der Waals surface area contributed by atoms with Gasteiger partial charge in [-0.05, 0) is 18.6 Å². The normalized spacial score (nSPS) is 16.1. The molecule has 1 amide bonds. The number of carbonyl (C=O) groups is 1. The predicted octanol–water partition coefficient (Wildman–Crippen LogP) is 1.20. The fraction of sp³-hybridized carbons (Fsp3) is 0.417. The molecule has 1 heterocycles. The van der Waals surface area contributed by atoms with Crippen LogP contribution in [0.15, 0.2) is 18.2 Å². The third kappa shape index (κ3) is 1.80. The molecule has 3 nitrogen and oxygen atoms in total. The molecular formula is C12H14FNO2. The molecule has 2 rings (SSSR count). The van der Waals surface area contributed by atoms with Gasteiger partial charge in [0, 0.05) is 25.6 Å². The molecule has 0 spiro atoms. The lowest BCUT2D eigenvalue weighted by molar-refractivity contribution is 0.0358. The van der Waals surface area contributed by atoms with Gasteiger partial charge in [0.25, 0.3) is 5.91 Å². The Morgan fingerprint density at radius 1 is 1.56 bits per heavy atom. The molecule has 1 aromatic rings. The first-order valence-electron chi connectivity index (χ1n) is 5.28. The predicted molar refractivity (Wildman–Crippen MR) is 57.6 cm³/mol. The maximum atomic E-state index is 13.7. The van der Waals surface area contributed by atoms with Gasteiger partial charge in [0.05, 0.1) is 5.56 Å². The Bertz CT molecular complexity index is 413. The molecule has 1 aliphatic heterocycles. The number of amides is 1. The molecule has 0 unspecified atom stereocenters. The van der Waals surface area contributed by atoms with E-state index in [1.165, 1.54) is 6.07 Å². The van der Waals surface area contributed by atoms with Crippen molar-refractivity contribution in [2.45, 2.75) is 6.92 Å². The number of rotatable bonds is 2. The summed E-state index contributed by atoms with van der Waals surface area (Å²) >= 11 is 0. The van der Waals surface area contributed by atoms with Crippen molar-refractivity contribution in [3.05, 3.63) is 35.1 Å². The van der Waals surface area contributed by atoms with Gasteiger partial charge in [-0.3, -0.25) is 4.79 Å². The molecule has 0 aromatic heterocycles. The maximum Gasteiger partial charge on any atom is 0.256 e. The van der Waals surface area contributed by atoms with E-state index in [1.807, 2.05) is 0 Å². The van der Waals surface area contributed by atoms with Gasteiger partial charge in [-0.25, -0.2) is 4.39 Å². The number of hydrogen-bond donors (Lipinski definition) is 1. The molecule has 0 aliphatic carbocycles. The SMILES string of the molecule is Cc1cccc(C(=O)N2CC(CO)C2)c1F. The van der Waals surface area contributed by atoms with Crippen LogP contribution in [0.4, 0.5) is 4.39 Å². The smallest absolute Gasteiger partial charge is 0.256 e. The molecule has 1 N–H and O–H groups in total. The molecule has 16 heavy (non-hydrogen) atoms. The number of halogens is 1. The molecule has 0 saturated carbocycles. The minimum atomic E-state index is -0.444. The minimum absolute atomic E-state index is 0.0834. The molecular weight excluding hydrogens is 209 g/mol. The van der Waals surface area contributed by atoms with Crippen LogP contribution in [0.2, 0.25) is 0 Å². The minimum Gasteiger partial charge on any atom is -0.396 e. The summed E-state index contributed by atoms with van der Waals surface area (Å²) in [5.41, 5.74) is 0.599. The van der Waals surface area contributed by atoms with E-state index in [2.05, 4.69) is 0 Å². The Morgan fingerprint density at radius 2 is 2.25 bits per heavy atom. The molecule has 0 radical (unpaired) electrons. The van der Waals surface area contributed by atoms with Crippen molar-refractivity contribution in [3.8, 4) is 0 Å². The highest BCUT2D eigenvalue weighted by molar-refractivity contribution is 5.95. The maximum absolute atomic E-state index is 13.7. The summed E-state index contributed by atoms with van der Waals surface area (Å²) in [4.78, 5) is 13.4. The van der Waals surface area contributed by atoms with Gasteiger partial charge in [0.2, 0.25) is 0 Å². The third-order valence-corrected chi connectivity index (χ3v) is 2.92. The largest absolute Gasteiger partial charge is 0.396 e. The van der Waals surface area contributed by atoms with Crippen LogP contribution in [0.25, 0.3) is 0 Å². The van der Waals surface area contributed by atoms with Gasteiger partial charge < -0.3 is 10.0 Å². The second-order valence-corrected chi connectivity index (χ2v) is 4.20. The van der Waals surface area contributed by atoms with E-state index >= 15 is 0 Å². The van der Waals surface area contributed by atoms with Gasteiger partial charge in [-0.2, -0.15) is 0 Å². The number of aryl methyl sites for hydroxylation is 1. The van der Waals surface area contributed by atoms with Gasteiger partial charge in [0.1, 0.15) is 5.82 Å². The number of benzene rings is 1. The summed E-state index contributed by atoms with van der Waals surface area (Å²) in [6.45, 7) is 2.75. The van der Waals surface area contributed by atoms with E-state index in [4.69, 9.17) is 5.11 Å². The summed E-state index contributed by atoms with van der Waals surface area (Å²) in [5, 5.41) is 8.84. The number of carbonyl (C=O) groups excluding carboxylic acids is 1. The Balaban J connectivity index is 2.13. The van der Waals surface area contributed by atoms with Crippen LogP contribution in [0, 0.1) is 18.7 Å². The average Bonchev–Trinajstić information content (AvgIpc) is 2.20. The van der Waals surface area contributed by atoms with Crippen LogP contribution in [-0.4, -0.2) is 35.6 Å². The lowest BCUT2D eigenvalue weighted by atomic mass is 9.99. The highest BCUT2D eigenvalue weighted by atomic mass is 19.1. The van der Waals surface area contributed by atoms with Gasteiger partial charge in [-0.15, -0.1) is 0 Å². The zero-order chi connectivity index (χ0) is 11.7. The number of likely N-dealkylation sites (tertiary alicyclic amines) is 1. The summed E-state index contributed by atoms with van der Waals surface area (Å²) in [6, 6.07) is 4.81. The van der Waals surface area contributed by atoms with E-state index in [9.17, 15) is 9.18 Å². The highest BCUT2D eigenvalue weighted by Gasteiger charge is 2.31. The fourth-order valence-corrected chi connectivity index (χ4v) is 1.83. The number of nitrogens with zero attached hydrogens (tertiary/aromatic N) is 1. The Labute approximate surface area is 93.5 Å². The van der Waals surface area contributed by atoms with Crippen LogP contribution < -0.4 is 0 Å². The molecule has 4 heteroatoms. The van der Waals surface area contributed by atoms with Crippen molar-refractivity contribution in [3.63, 3.8) is 0 Å². The van der Waals surface area contributed by atoms with E-state index in [-0.39, 0.29) is 24.0 Å². The van der Waals surface area contributed by atoms with E-state index in [0.29, 0.717) is 18.7 Å². The molecule has 0 bridgehead atoms. The van der Waals surface area contributed by atoms with Crippen LogP contribution in [-0.2, 0) is 0 Å². The second kappa shape index (κ2) is 4.22. The highest BCUT2D eigenvalue weighted by Crippen LogP contribution is 2.20. The summed E-state index contributed by atoms with van der Waals surface area (Å²) in [7, 11) is 0. The van der Waals surface area contributed by atoms with Gasteiger partial charge >= 0.3 is 0 Å². The lowest BCUT2D eigenvalue weighted by Crippen LogP contribution is -2.51. The third-order valence-electron chi connectivity index (χ3n) is 2.92. The van der Waals surface area contributed by atoms with E-state index < -0.39 is 5.82 Å². The first-order chi connectivity index (χ1) is 7.63. The van der Waals surface area contributed by atoms with E-state index in [0.717, 1.165) is 0 Å². The van der Waals surface area contributed by atoms with E-state index in [1.54, 1.807) is 24.0 Å². The average molecular weight is 223 g/mol. The Hall–Kier alpha value is -1.42. The molecule has 86 valence electrons. The van der Waals surface area contributed by atoms with Crippen molar-refractivity contribution in [2.75, 3.05) is 19.7 Å². The van der Waals surface area contributed by atoms with Crippen LogP contribution in [0.3, 0.4) is 0 Å². The first kappa shape index (κ1) is 11.1. The van der Waals surface area contributed by atoms with Gasteiger partial charge in [-0.1, -0.05) is 12.1 Å². The fourth-order valence-electron chi connectivity index (χ4n) is 1.83. The van der Waals surface area contributed by atoms with Gasteiger partial charge in [0.15, 0.2) is 0 Å². The second-order valence-electron chi connectivity index (χ2n) is 4.20. The molecule has 1 saturated heterocycles. The monoisotopic (exact) mass is 223 g/mol. The molecule has 0 atom stereocenters. The van der Waals surface area contributed by atoms with Crippen molar-refractivity contribution in [1.82, 2.24) is 4.90 Å². The Kier molecular flexibility index (Phi) is 2.92. The zero-order valence-electron chi connectivity index (χ0n) is 9.11. The van der Waals surface area contributed by atoms with Crippen molar-refractivity contribution in [1.29, 1.82) is 0 Å². The Morgan fingerprint density at radius 3 is 2.88 bits per heavy atom. The summed E-state index contributed by atoms with van der Waals surface area (Å²) in [5.74, 6) is -0.581. The molecule has 1 aliphatic rings. The first-order valence-corrected chi connectivity index (χ1v) is 5.28. The topological polar surface area (TPSA) is 40.5 Å². The van der Waals surface area contributed by atoms with Crippen molar-refractivity contribution in [2.24, 2.45) is 5.92 Å². The van der Waals surface area contributed by atoms with Crippen molar-refractivity contribution < 1.29 is 14.3 Å².